The SMILES string of the molecule is C=C(Cc1nc(N2CCCC2)cc(N2CCOCC2)n1)c1nc2c(C)ncc(C)n2n1. The molecule has 0 bridgehead atoms. The summed E-state index contributed by atoms with van der Waals surface area (Å²) >= 11 is 0. The van der Waals surface area contributed by atoms with Crippen molar-refractivity contribution in [2.75, 3.05) is 49.2 Å². The Balaban J connectivity index is 1.46. The maximum atomic E-state index is 5.52. The van der Waals surface area contributed by atoms with E-state index >= 15 is 0 Å². The molecule has 31 heavy (non-hydrogen) atoms. The number of morpholine rings is 1. The first kappa shape index (κ1) is 19.9. The highest BCUT2D eigenvalue weighted by Crippen LogP contribution is 2.25. The minimum Gasteiger partial charge on any atom is -0.378 e. The first-order valence-corrected chi connectivity index (χ1v) is 10.9. The van der Waals surface area contributed by atoms with Crippen LogP contribution in [0.2, 0.25) is 0 Å². The topological polar surface area (TPSA) is 84.6 Å². The van der Waals surface area contributed by atoms with Gasteiger partial charge in [-0.25, -0.2) is 19.5 Å². The predicted molar refractivity (Wildman–Crippen MR) is 120 cm³/mol. The van der Waals surface area contributed by atoms with Crippen molar-refractivity contribution < 1.29 is 4.74 Å². The molecule has 0 unspecified atom stereocenters. The van der Waals surface area contributed by atoms with Gasteiger partial charge >= 0.3 is 0 Å². The average molecular weight is 421 g/mol. The third-order valence-electron chi connectivity index (χ3n) is 5.91. The average Bonchev–Trinajstić information content (AvgIpc) is 3.48. The van der Waals surface area contributed by atoms with E-state index in [0.29, 0.717) is 12.2 Å². The highest BCUT2D eigenvalue weighted by atomic mass is 16.5. The van der Waals surface area contributed by atoms with Gasteiger partial charge in [-0.15, -0.1) is 5.10 Å². The highest BCUT2D eigenvalue weighted by molar-refractivity contribution is 5.62. The van der Waals surface area contributed by atoms with Crippen LogP contribution < -0.4 is 9.80 Å². The van der Waals surface area contributed by atoms with Gasteiger partial charge in [0.1, 0.15) is 17.5 Å². The molecule has 5 heterocycles. The van der Waals surface area contributed by atoms with Crippen molar-refractivity contribution in [2.24, 2.45) is 0 Å². The number of ether oxygens (including phenoxy) is 1. The first-order chi connectivity index (χ1) is 15.1. The van der Waals surface area contributed by atoms with Gasteiger partial charge in [0.15, 0.2) is 11.5 Å². The number of nitrogens with zero attached hydrogens (tertiary/aromatic N) is 8. The zero-order valence-corrected chi connectivity index (χ0v) is 18.2. The second-order valence-electron chi connectivity index (χ2n) is 8.23. The molecule has 162 valence electrons. The molecular formula is C22H28N8O. The van der Waals surface area contributed by atoms with E-state index in [1.807, 2.05) is 18.4 Å². The zero-order valence-electron chi connectivity index (χ0n) is 18.2. The molecule has 2 aliphatic rings. The Hall–Kier alpha value is -3.07. The van der Waals surface area contributed by atoms with Crippen molar-refractivity contribution in [3.63, 3.8) is 0 Å². The zero-order chi connectivity index (χ0) is 21.4. The lowest BCUT2D eigenvalue weighted by Crippen LogP contribution is -2.37. The number of allylic oxidation sites excluding steroid dienone is 1. The highest BCUT2D eigenvalue weighted by Gasteiger charge is 2.21. The maximum absolute atomic E-state index is 5.52. The Morgan fingerprint density at radius 2 is 1.68 bits per heavy atom. The lowest BCUT2D eigenvalue weighted by atomic mass is 10.2. The predicted octanol–water partition coefficient (Wildman–Crippen LogP) is 2.22. The van der Waals surface area contributed by atoms with Gasteiger partial charge in [-0.1, -0.05) is 6.58 Å². The summed E-state index contributed by atoms with van der Waals surface area (Å²) in [4.78, 5) is 23.5. The van der Waals surface area contributed by atoms with Crippen LogP contribution in [0.3, 0.4) is 0 Å². The summed E-state index contributed by atoms with van der Waals surface area (Å²) in [7, 11) is 0. The standard InChI is InChI=1S/C22H28N8O/c1-15(21-26-22-17(3)23-14-16(2)30(22)27-21)12-18-24-19(28-6-4-5-7-28)13-20(25-18)29-8-10-31-11-9-29/h13-14H,1,4-12H2,2-3H3. The quantitative estimate of drug-likeness (QED) is 0.621. The van der Waals surface area contributed by atoms with Crippen molar-refractivity contribution in [2.45, 2.75) is 33.1 Å². The monoisotopic (exact) mass is 420 g/mol. The van der Waals surface area contributed by atoms with Crippen LogP contribution in [0.25, 0.3) is 11.2 Å². The van der Waals surface area contributed by atoms with Crippen LogP contribution in [0, 0.1) is 13.8 Å². The van der Waals surface area contributed by atoms with Crippen LogP contribution in [0.4, 0.5) is 11.6 Å². The van der Waals surface area contributed by atoms with E-state index < -0.39 is 0 Å². The lowest BCUT2D eigenvalue weighted by Gasteiger charge is -2.29. The van der Waals surface area contributed by atoms with Crippen molar-refractivity contribution >= 4 is 22.9 Å². The normalized spacial score (nSPS) is 17.0. The fraction of sp³-hybridized carbons (Fsp3) is 0.500. The van der Waals surface area contributed by atoms with Gasteiger partial charge in [0, 0.05) is 44.9 Å². The van der Waals surface area contributed by atoms with Crippen molar-refractivity contribution in [1.82, 2.24) is 29.5 Å². The summed E-state index contributed by atoms with van der Waals surface area (Å²) in [6.07, 6.45) is 4.72. The number of aromatic nitrogens is 6. The molecule has 9 heteroatoms. The van der Waals surface area contributed by atoms with E-state index in [-0.39, 0.29) is 0 Å². The molecule has 2 fully saturated rings. The molecular weight excluding hydrogens is 392 g/mol. The lowest BCUT2D eigenvalue weighted by molar-refractivity contribution is 0.122. The molecule has 0 amide bonds. The fourth-order valence-electron chi connectivity index (χ4n) is 4.13. The number of hydrogen-bond donors (Lipinski definition) is 0. The maximum Gasteiger partial charge on any atom is 0.178 e. The molecule has 2 aliphatic heterocycles. The first-order valence-electron chi connectivity index (χ1n) is 10.9. The molecule has 5 rings (SSSR count). The molecule has 9 nitrogen and oxygen atoms in total. The molecule has 3 aromatic rings. The Kier molecular flexibility index (Phi) is 5.27. The van der Waals surface area contributed by atoms with E-state index in [0.717, 1.165) is 79.5 Å². The van der Waals surface area contributed by atoms with Crippen LogP contribution in [0.15, 0.2) is 18.8 Å². The molecule has 3 aromatic heterocycles. The third kappa shape index (κ3) is 3.97. The Labute approximate surface area is 181 Å². The van der Waals surface area contributed by atoms with Crippen LogP contribution in [-0.2, 0) is 11.2 Å². The van der Waals surface area contributed by atoms with Crippen molar-refractivity contribution in [3.8, 4) is 0 Å². The number of aryl methyl sites for hydroxylation is 2. The largest absolute Gasteiger partial charge is 0.378 e. The minimum absolute atomic E-state index is 0.501. The smallest absolute Gasteiger partial charge is 0.178 e. The van der Waals surface area contributed by atoms with Gasteiger partial charge in [0.2, 0.25) is 0 Å². The second kappa shape index (κ2) is 8.22. The summed E-state index contributed by atoms with van der Waals surface area (Å²) in [5, 5.41) is 4.65. The van der Waals surface area contributed by atoms with Gasteiger partial charge in [0.25, 0.3) is 0 Å². The van der Waals surface area contributed by atoms with Gasteiger partial charge in [-0.05, 0) is 32.3 Å². The molecule has 0 aliphatic carbocycles. The molecule has 0 N–H and O–H groups in total. The Morgan fingerprint density at radius 1 is 1.00 bits per heavy atom. The summed E-state index contributed by atoms with van der Waals surface area (Å²) in [6.45, 7) is 13.4. The molecule has 0 radical (unpaired) electrons. The second-order valence-corrected chi connectivity index (χ2v) is 8.23. The number of hydrogen-bond acceptors (Lipinski definition) is 8. The Morgan fingerprint density at radius 3 is 2.35 bits per heavy atom. The van der Waals surface area contributed by atoms with Crippen molar-refractivity contribution in [1.29, 1.82) is 0 Å². The van der Waals surface area contributed by atoms with E-state index in [2.05, 4.69) is 37.5 Å². The van der Waals surface area contributed by atoms with E-state index in [4.69, 9.17) is 14.7 Å². The van der Waals surface area contributed by atoms with Gasteiger partial charge < -0.3 is 14.5 Å². The number of fused-ring (bicyclic) bond motifs is 1. The van der Waals surface area contributed by atoms with Crippen LogP contribution >= 0.6 is 0 Å². The van der Waals surface area contributed by atoms with Crippen LogP contribution in [-0.4, -0.2) is 68.9 Å². The third-order valence-corrected chi connectivity index (χ3v) is 5.91. The van der Waals surface area contributed by atoms with Crippen molar-refractivity contribution in [3.05, 3.63) is 41.9 Å². The molecule has 0 spiro atoms. The molecule has 2 saturated heterocycles. The summed E-state index contributed by atoms with van der Waals surface area (Å²) in [5.41, 5.74) is 3.35. The number of anilines is 2. The van der Waals surface area contributed by atoms with E-state index in [1.165, 1.54) is 12.8 Å². The molecule has 0 atom stereocenters. The summed E-state index contributed by atoms with van der Waals surface area (Å²) in [5.74, 6) is 3.32. The minimum atomic E-state index is 0.501. The van der Waals surface area contributed by atoms with Crippen LogP contribution in [0.1, 0.15) is 35.9 Å². The number of rotatable bonds is 5. The van der Waals surface area contributed by atoms with Gasteiger partial charge in [-0.2, -0.15) is 0 Å². The van der Waals surface area contributed by atoms with E-state index in [1.54, 1.807) is 6.20 Å². The van der Waals surface area contributed by atoms with Gasteiger partial charge in [-0.3, -0.25) is 4.98 Å². The Bertz CT molecular complexity index is 1070. The summed E-state index contributed by atoms with van der Waals surface area (Å²) in [6, 6.07) is 2.12. The van der Waals surface area contributed by atoms with Crippen LogP contribution in [0.5, 0.6) is 0 Å². The molecule has 0 aromatic carbocycles. The van der Waals surface area contributed by atoms with Gasteiger partial charge in [0.05, 0.1) is 24.6 Å². The summed E-state index contributed by atoms with van der Waals surface area (Å²) < 4.78 is 7.34. The fourth-order valence-corrected chi connectivity index (χ4v) is 4.13. The molecule has 0 saturated carbocycles. The van der Waals surface area contributed by atoms with E-state index in [9.17, 15) is 0 Å².